The van der Waals surface area contributed by atoms with Gasteiger partial charge in [0.25, 0.3) is 11.8 Å². The Kier molecular flexibility index (Phi) is 6.69. The fourth-order valence-corrected chi connectivity index (χ4v) is 3.46. The molecule has 2 N–H and O–H groups in total. The third-order valence-electron chi connectivity index (χ3n) is 4.48. The number of hydrogen-bond donors (Lipinski definition) is 2. The van der Waals surface area contributed by atoms with E-state index in [0.29, 0.717) is 38.4 Å². The van der Waals surface area contributed by atoms with Crippen molar-refractivity contribution in [2.24, 2.45) is 0 Å². The van der Waals surface area contributed by atoms with Gasteiger partial charge in [0.15, 0.2) is 11.5 Å². The van der Waals surface area contributed by atoms with Crippen molar-refractivity contribution in [1.29, 1.82) is 0 Å². The molecule has 2 amide bonds. The van der Waals surface area contributed by atoms with Crippen molar-refractivity contribution in [3.05, 3.63) is 92.0 Å². The second-order valence-corrected chi connectivity index (χ2v) is 8.44. The van der Waals surface area contributed by atoms with E-state index in [0.717, 1.165) is 4.47 Å². The Hall–Kier alpha value is -3.00. The molecule has 0 radical (unpaired) electrons. The summed E-state index contributed by atoms with van der Waals surface area (Å²) in [4.78, 5) is 25.8. The van der Waals surface area contributed by atoms with Crippen molar-refractivity contribution in [2.75, 3.05) is 12.1 Å². The maximum Gasteiger partial charge on any atom is 0.272 e. The van der Waals surface area contributed by atoms with Crippen LogP contribution in [0.25, 0.3) is 6.08 Å². The fourth-order valence-electron chi connectivity index (χ4n) is 2.90. The molecule has 1 aliphatic heterocycles. The van der Waals surface area contributed by atoms with Gasteiger partial charge in [0.05, 0.1) is 10.0 Å². The van der Waals surface area contributed by atoms with Gasteiger partial charge in [-0.15, -0.1) is 0 Å². The molecule has 0 atom stereocenters. The zero-order valence-electron chi connectivity index (χ0n) is 16.3. The summed E-state index contributed by atoms with van der Waals surface area (Å²) in [5, 5.41) is 6.06. The van der Waals surface area contributed by atoms with Crippen molar-refractivity contribution in [3.63, 3.8) is 0 Å². The molecule has 0 spiro atoms. The summed E-state index contributed by atoms with van der Waals surface area (Å²) in [7, 11) is 0. The molecule has 162 valence electrons. The summed E-state index contributed by atoms with van der Waals surface area (Å²) in [5.74, 6) is 0.199. The molecule has 3 aromatic carbocycles. The topological polar surface area (TPSA) is 76.7 Å². The van der Waals surface area contributed by atoms with E-state index in [4.69, 9.17) is 32.7 Å². The van der Waals surface area contributed by atoms with Crippen LogP contribution in [0, 0.1) is 0 Å². The predicted molar refractivity (Wildman–Crippen MR) is 127 cm³/mol. The molecule has 0 aromatic heterocycles. The molecule has 4 rings (SSSR count). The van der Waals surface area contributed by atoms with Crippen molar-refractivity contribution in [3.8, 4) is 11.5 Å². The number of amides is 2. The van der Waals surface area contributed by atoms with E-state index in [9.17, 15) is 9.59 Å². The normalized spacial score (nSPS) is 12.4. The monoisotopic (exact) mass is 532 g/mol. The number of anilines is 1. The lowest BCUT2D eigenvalue weighted by atomic mass is 10.1. The van der Waals surface area contributed by atoms with E-state index in [1.165, 1.54) is 6.07 Å². The molecule has 6 nitrogen and oxygen atoms in total. The number of rotatable bonds is 5. The highest BCUT2D eigenvalue weighted by Gasteiger charge is 2.17. The van der Waals surface area contributed by atoms with Gasteiger partial charge in [-0.2, -0.15) is 0 Å². The van der Waals surface area contributed by atoms with Crippen LogP contribution >= 0.6 is 39.1 Å². The standard InChI is InChI=1S/C23H15BrCl2N2O4/c24-15-4-2-14(3-5-15)22(29)28-19(9-13-1-8-20-21(10-13)32-12-31-20)23(30)27-16-6-7-17(25)18(26)11-16/h1-11H,12H2,(H,27,30)(H,28,29). The molecule has 9 heteroatoms. The molecule has 0 saturated carbocycles. The molecule has 0 unspecified atom stereocenters. The van der Waals surface area contributed by atoms with Crippen LogP contribution in [0.4, 0.5) is 5.69 Å². The summed E-state index contributed by atoms with van der Waals surface area (Å²) >= 11 is 15.3. The molecule has 1 aliphatic rings. The largest absolute Gasteiger partial charge is 0.454 e. The average molecular weight is 534 g/mol. The summed E-state index contributed by atoms with van der Waals surface area (Å²) < 4.78 is 11.5. The maximum absolute atomic E-state index is 13.0. The first-order valence-electron chi connectivity index (χ1n) is 9.34. The van der Waals surface area contributed by atoms with Gasteiger partial charge in [-0.05, 0) is 66.2 Å². The Labute approximate surface area is 202 Å². The Morgan fingerprint density at radius 1 is 0.906 bits per heavy atom. The fraction of sp³-hybridized carbons (Fsp3) is 0.0435. The number of hydrogen-bond acceptors (Lipinski definition) is 4. The molecular weight excluding hydrogens is 519 g/mol. The number of carbonyl (C=O) groups is 2. The zero-order chi connectivity index (χ0) is 22.7. The molecule has 0 saturated heterocycles. The summed E-state index contributed by atoms with van der Waals surface area (Å²) in [6.45, 7) is 0.132. The van der Waals surface area contributed by atoms with Gasteiger partial charge < -0.3 is 20.1 Å². The quantitative estimate of drug-likeness (QED) is 0.401. The third-order valence-corrected chi connectivity index (χ3v) is 5.75. The van der Waals surface area contributed by atoms with Gasteiger partial charge in [0.2, 0.25) is 6.79 Å². The summed E-state index contributed by atoms with van der Waals surface area (Å²) in [6, 6.07) is 16.7. The first kappa shape index (κ1) is 22.2. The number of ether oxygens (including phenoxy) is 2. The third kappa shape index (κ3) is 5.24. The van der Waals surface area contributed by atoms with Gasteiger partial charge in [0, 0.05) is 15.7 Å². The smallest absolute Gasteiger partial charge is 0.272 e. The van der Waals surface area contributed by atoms with Gasteiger partial charge >= 0.3 is 0 Å². The molecule has 0 fully saturated rings. The van der Waals surface area contributed by atoms with Gasteiger partial charge in [-0.25, -0.2) is 0 Å². The van der Waals surface area contributed by atoms with Crippen molar-refractivity contribution in [2.45, 2.75) is 0 Å². The second kappa shape index (κ2) is 9.65. The maximum atomic E-state index is 13.0. The molecule has 32 heavy (non-hydrogen) atoms. The van der Waals surface area contributed by atoms with Gasteiger partial charge in [-0.3, -0.25) is 9.59 Å². The number of carbonyl (C=O) groups excluding carboxylic acids is 2. The SMILES string of the molecule is O=C(Nc1ccc(Cl)c(Cl)c1)C(=Cc1ccc2c(c1)OCO2)NC(=O)c1ccc(Br)cc1. The van der Waals surface area contributed by atoms with Crippen molar-refractivity contribution < 1.29 is 19.1 Å². The van der Waals surface area contributed by atoms with E-state index in [1.807, 2.05) is 0 Å². The first-order chi connectivity index (χ1) is 15.4. The highest BCUT2D eigenvalue weighted by Crippen LogP contribution is 2.33. The lowest BCUT2D eigenvalue weighted by molar-refractivity contribution is -0.113. The zero-order valence-corrected chi connectivity index (χ0v) is 19.4. The highest BCUT2D eigenvalue weighted by molar-refractivity contribution is 9.10. The molecule has 0 bridgehead atoms. The molecular formula is C23H15BrCl2N2O4. The van der Waals surface area contributed by atoms with Crippen LogP contribution < -0.4 is 20.1 Å². The lowest BCUT2D eigenvalue weighted by Crippen LogP contribution is -2.30. The molecule has 1 heterocycles. The Bertz CT molecular complexity index is 1230. The summed E-state index contributed by atoms with van der Waals surface area (Å²) in [6.07, 6.45) is 1.55. The second-order valence-electron chi connectivity index (χ2n) is 6.71. The molecule has 3 aromatic rings. The number of benzene rings is 3. The Balaban J connectivity index is 1.63. The van der Waals surface area contributed by atoms with E-state index in [-0.39, 0.29) is 12.5 Å². The van der Waals surface area contributed by atoms with Crippen LogP contribution in [-0.4, -0.2) is 18.6 Å². The van der Waals surface area contributed by atoms with E-state index in [1.54, 1.807) is 60.7 Å². The number of halogens is 3. The Morgan fingerprint density at radius 3 is 2.41 bits per heavy atom. The van der Waals surface area contributed by atoms with E-state index >= 15 is 0 Å². The van der Waals surface area contributed by atoms with Crippen LogP contribution in [-0.2, 0) is 4.79 Å². The lowest BCUT2D eigenvalue weighted by Gasteiger charge is -2.12. The van der Waals surface area contributed by atoms with Crippen molar-refractivity contribution in [1.82, 2.24) is 5.32 Å². The Morgan fingerprint density at radius 2 is 1.66 bits per heavy atom. The predicted octanol–water partition coefficient (Wildman–Crippen LogP) is 5.89. The first-order valence-corrected chi connectivity index (χ1v) is 10.9. The molecule has 0 aliphatic carbocycles. The van der Waals surface area contributed by atoms with Crippen LogP contribution in [0.1, 0.15) is 15.9 Å². The minimum absolute atomic E-state index is 0.0304. The average Bonchev–Trinajstić information content (AvgIpc) is 3.24. The summed E-state index contributed by atoms with van der Waals surface area (Å²) in [5.41, 5.74) is 1.50. The number of fused-ring (bicyclic) bond motifs is 1. The van der Waals surface area contributed by atoms with Crippen LogP contribution in [0.15, 0.2) is 70.8 Å². The van der Waals surface area contributed by atoms with Gasteiger partial charge in [-0.1, -0.05) is 45.2 Å². The minimum Gasteiger partial charge on any atom is -0.454 e. The van der Waals surface area contributed by atoms with Crippen molar-refractivity contribution >= 4 is 62.7 Å². The van der Waals surface area contributed by atoms with Crippen LogP contribution in [0.3, 0.4) is 0 Å². The van der Waals surface area contributed by atoms with E-state index in [2.05, 4.69) is 26.6 Å². The minimum atomic E-state index is -0.536. The number of nitrogens with one attached hydrogen (secondary N) is 2. The highest BCUT2D eigenvalue weighted by atomic mass is 79.9. The van der Waals surface area contributed by atoms with Crippen LogP contribution in [0.2, 0.25) is 10.0 Å². The van der Waals surface area contributed by atoms with Crippen LogP contribution in [0.5, 0.6) is 11.5 Å². The van der Waals surface area contributed by atoms with Gasteiger partial charge in [0.1, 0.15) is 5.70 Å². The van der Waals surface area contributed by atoms with E-state index < -0.39 is 11.8 Å².